The first kappa shape index (κ1) is 13.4. The first-order valence-electron chi connectivity index (χ1n) is 7.37. The Morgan fingerprint density at radius 1 is 0.941 bits per heavy atom. The van der Waals surface area contributed by atoms with Crippen LogP contribution in [0.2, 0.25) is 0 Å². The van der Waals surface area contributed by atoms with E-state index in [1.165, 1.54) is 39.0 Å². The molecule has 2 nitrogen and oxygen atoms in total. The molecule has 2 atom stereocenters. The maximum Gasteiger partial charge on any atom is 0.0125 e. The minimum absolute atomic E-state index is 0.361. The summed E-state index contributed by atoms with van der Waals surface area (Å²) in [6.45, 7) is 17.0. The molecule has 100 valence electrons. The molecule has 0 saturated carbocycles. The largest absolute Gasteiger partial charge is 0.301 e. The molecule has 0 N–H and O–H groups in total. The van der Waals surface area contributed by atoms with Crippen LogP contribution in [0.4, 0.5) is 0 Å². The van der Waals surface area contributed by atoms with Crippen molar-refractivity contribution in [3.63, 3.8) is 0 Å². The fourth-order valence-corrected chi connectivity index (χ4v) is 3.45. The average molecular weight is 238 g/mol. The summed E-state index contributed by atoms with van der Waals surface area (Å²) in [4.78, 5) is 5.37. The predicted molar refractivity (Wildman–Crippen MR) is 74.2 cm³/mol. The van der Waals surface area contributed by atoms with Gasteiger partial charge in [0, 0.05) is 24.7 Å². The molecule has 0 spiro atoms. The van der Waals surface area contributed by atoms with E-state index in [-0.39, 0.29) is 0 Å². The summed E-state index contributed by atoms with van der Waals surface area (Å²) in [7, 11) is 0. The smallest absolute Gasteiger partial charge is 0.0125 e. The Morgan fingerprint density at radius 2 is 1.53 bits per heavy atom. The SMILES string of the molecule is CC(C)N1CCC2CN(C(C)(C)C)CCC2C1. The lowest BCUT2D eigenvalue weighted by Gasteiger charge is -2.49. The van der Waals surface area contributed by atoms with Crippen molar-refractivity contribution < 1.29 is 0 Å². The van der Waals surface area contributed by atoms with Crippen LogP contribution in [0.3, 0.4) is 0 Å². The van der Waals surface area contributed by atoms with Gasteiger partial charge in [0.1, 0.15) is 0 Å². The van der Waals surface area contributed by atoms with E-state index in [9.17, 15) is 0 Å². The van der Waals surface area contributed by atoms with E-state index in [4.69, 9.17) is 0 Å². The number of fused-ring (bicyclic) bond motifs is 1. The second-order valence-electron chi connectivity index (χ2n) is 7.30. The Hall–Kier alpha value is -0.0800. The van der Waals surface area contributed by atoms with Crippen molar-refractivity contribution in [2.75, 3.05) is 26.2 Å². The molecule has 2 aliphatic heterocycles. The molecule has 2 heteroatoms. The van der Waals surface area contributed by atoms with Gasteiger partial charge in [-0.3, -0.25) is 4.90 Å². The topological polar surface area (TPSA) is 6.48 Å². The van der Waals surface area contributed by atoms with Gasteiger partial charge in [-0.1, -0.05) is 0 Å². The number of likely N-dealkylation sites (tertiary alicyclic amines) is 2. The van der Waals surface area contributed by atoms with Crippen LogP contribution in [-0.4, -0.2) is 47.6 Å². The molecule has 0 aliphatic carbocycles. The summed E-state index contributed by atoms with van der Waals surface area (Å²) in [5.74, 6) is 1.92. The third-order valence-electron chi connectivity index (χ3n) is 4.83. The molecule has 2 fully saturated rings. The molecule has 17 heavy (non-hydrogen) atoms. The number of nitrogens with zero attached hydrogens (tertiary/aromatic N) is 2. The molecule has 0 aromatic heterocycles. The molecule has 0 aromatic carbocycles. The highest BCUT2D eigenvalue weighted by Gasteiger charge is 2.37. The van der Waals surface area contributed by atoms with Gasteiger partial charge in [0.15, 0.2) is 0 Å². The molecule has 2 unspecified atom stereocenters. The predicted octanol–water partition coefficient (Wildman–Crippen LogP) is 2.84. The van der Waals surface area contributed by atoms with Gasteiger partial charge in [-0.2, -0.15) is 0 Å². The second-order valence-corrected chi connectivity index (χ2v) is 7.30. The Kier molecular flexibility index (Phi) is 3.84. The third-order valence-corrected chi connectivity index (χ3v) is 4.83. The van der Waals surface area contributed by atoms with Gasteiger partial charge in [0.25, 0.3) is 0 Å². The second kappa shape index (κ2) is 4.89. The van der Waals surface area contributed by atoms with E-state index >= 15 is 0 Å². The molecule has 2 rings (SSSR count). The summed E-state index contributed by atoms with van der Waals surface area (Å²) in [6.07, 6.45) is 2.82. The van der Waals surface area contributed by atoms with Crippen LogP contribution in [0.15, 0.2) is 0 Å². The summed E-state index contributed by atoms with van der Waals surface area (Å²) < 4.78 is 0. The minimum atomic E-state index is 0.361. The minimum Gasteiger partial charge on any atom is -0.301 e. The van der Waals surface area contributed by atoms with Crippen LogP contribution >= 0.6 is 0 Å². The van der Waals surface area contributed by atoms with Crippen LogP contribution in [0.25, 0.3) is 0 Å². The lowest BCUT2D eigenvalue weighted by molar-refractivity contribution is -0.00318. The average Bonchev–Trinajstić information content (AvgIpc) is 2.26. The molecule has 2 aliphatic rings. The van der Waals surface area contributed by atoms with Crippen LogP contribution < -0.4 is 0 Å². The van der Waals surface area contributed by atoms with Gasteiger partial charge in [0.2, 0.25) is 0 Å². The van der Waals surface area contributed by atoms with Crippen molar-refractivity contribution in [3.05, 3.63) is 0 Å². The summed E-state index contributed by atoms with van der Waals surface area (Å²) in [5.41, 5.74) is 0.361. The van der Waals surface area contributed by atoms with Crippen molar-refractivity contribution in [1.82, 2.24) is 9.80 Å². The molecule has 0 aromatic rings. The van der Waals surface area contributed by atoms with Gasteiger partial charge in [-0.25, -0.2) is 0 Å². The normalized spacial score (nSPS) is 32.8. The molecule has 2 saturated heterocycles. The van der Waals surface area contributed by atoms with E-state index in [0.717, 1.165) is 17.9 Å². The number of piperidine rings is 2. The fourth-order valence-electron chi connectivity index (χ4n) is 3.45. The van der Waals surface area contributed by atoms with Crippen molar-refractivity contribution in [3.8, 4) is 0 Å². The van der Waals surface area contributed by atoms with Gasteiger partial charge in [-0.15, -0.1) is 0 Å². The highest BCUT2D eigenvalue weighted by molar-refractivity contribution is 4.91. The highest BCUT2D eigenvalue weighted by Crippen LogP contribution is 2.34. The standard InChI is InChI=1S/C15H30N2/c1-12(2)16-8-6-14-11-17(15(3,4)5)9-7-13(14)10-16/h12-14H,6-11H2,1-5H3. The maximum absolute atomic E-state index is 2.69. The first-order chi connectivity index (χ1) is 7.88. The van der Waals surface area contributed by atoms with E-state index in [2.05, 4.69) is 44.4 Å². The first-order valence-corrected chi connectivity index (χ1v) is 7.37. The van der Waals surface area contributed by atoms with Crippen LogP contribution in [0.1, 0.15) is 47.5 Å². The van der Waals surface area contributed by atoms with Crippen LogP contribution in [-0.2, 0) is 0 Å². The van der Waals surface area contributed by atoms with Crippen LogP contribution in [0, 0.1) is 11.8 Å². The zero-order valence-electron chi connectivity index (χ0n) is 12.4. The summed E-state index contributed by atoms with van der Waals surface area (Å²) in [6, 6.07) is 0.733. The monoisotopic (exact) mass is 238 g/mol. The van der Waals surface area contributed by atoms with Gasteiger partial charge in [-0.05, 0) is 72.4 Å². The number of hydrogen-bond donors (Lipinski definition) is 0. The van der Waals surface area contributed by atoms with Crippen molar-refractivity contribution >= 4 is 0 Å². The molecular weight excluding hydrogens is 208 g/mol. The highest BCUT2D eigenvalue weighted by atomic mass is 15.2. The fraction of sp³-hybridized carbons (Fsp3) is 1.00. The maximum atomic E-state index is 2.69. The van der Waals surface area contributed by atoms with Crippen LogP contribution in [0.5, 0.6) is 0 Å². The van der Waals surface area contributed by atoms with E-state index in [1.54, 1.807) is 0 Å². The van der Waals surface area contributed by atoms with Crippen molar-refractivity contribution in [1.29, 1.82) is 0 Å². The molecule has 2 heterocycles. The molecule has 0 amide bonds. The van der Waals surface area contributed by atoms with Crippen molar-refractivity contribution in [2.45, 2.75) is 59.0 Å². The molecular formula is C15H30N2. The van der Waals surface area contributed by atoms with Crippen molar-refractivity contribution in [2.24, 2.45) is 11.8 Å². The van der Waals surface area contributed by atoms with E-state index in [0.29, 0.717) is 5.54 Å². The Bertz CT molecular complexity index is 254. The quantitative estimate of drug-likeness (QED) is 0.693. The third kappa shape index (κ3) is 3.03. The lowest BCUT2D eigenvalue weighted by atomic mass is 9.78. The zero-order valence-corrected chi connectivity index (χ0v) is 12.4. The number of rotatable bonds is 1. The van der Waals surface area contributed by atoms with E-state index in [1.807, 2.05) is 0 Å². The molecule has 0 radical (unpaired) electrons. The number of hydrogen-bond acceptors (Lipinski definition) is 2. The summed E-state index contributed by atoms with van der Waals surface area (Å²) in [5, 5.41) is 0. The zero-order chi connectivity index (χ0) is 12.6. The van der Waals surface area contributed by atoms with E-state index < -0.39 is 0 Å². The Labute approximate surface area is 107 Å². The van der Waals surface area contributed by atoms with Gasteiger partial charge in [0.05, 0.1) is 0 Å². The van der Waals surface area contributed by atoms with Gasteiger partial charge >= 0.3 is 0 Å². The Morgan fingerprint density at radius 3 is 2.12 bits per heavy atom. The summed E-state index contributed by atoms with van der Waals surface area (Å²) >= 11 is 0. The van der Waals surface area contributed by atoms with Gasteiger partial charge < -0.3 is 4.90 Å². The molecule has 0 bridgehead atoms. The lowest BCUT2D eigenvalue weighted by Crippen LogP contribution is -2.55. The Balaban J connectivity index is 1.93.